The van der Waals surface area contributed by atoms with Crippen LogP contribution < -0.4 is 10.1 Å². The summed E-state index contributed by atoms with van der Waals surface area (Å²) in [6.07, 6.45) is 1.64. The molecule has 0 saturated carbocycles. The van der Waals surface area contributed by atoms with Crippen molar-refractivity contribution in [3.63, 3.8) is 0 Å². The van der Waals surface area contributed by atoms with Gasteiger partial charge in [-0.1, -0.05) is 26.0 Å². The van der Waals surface area contributed by atoms with Gasteiger partial charge in [0.1, 0.15) is 5.75 Å². The van der Waals surface area contributed by atoms with E-state index in [1.807, 2.05) is 19.1 Å². The van der Waals surface area contributed by atoms with Crippen molar-refractivity contribution in [1.29, 1.82) is 0 Å². The third kappa shape index (κ3) is 5.62. The van der Waals surface area contributed by atoms with Gasteiger partial charge in [0, 0.05) is 6.04 Å². The lowest BCUT2D eigenvalue weighted by molar-refractivity contribution is 0.180. The smallest absolute Gasteiger partial charge is 0.118 e. The van der Waals surface area contributed by atoms with Gasteiger partial charge in [0.25, 0.3) is 0 Å². The molecule has 1 aromatic carbocycles. The second kappa shape index (κ2) is 8.18. The largest absolute Gasteiger partial charge is 0.497 e. The molecule has 108 valence electrons. The molecule has 0 saturated heterocycles. The van der Waals surface area contributed by atoms with Crippen LogP contribution in [0.4, 0.5) is 0 Å². The Morgan fingerprint density at radius 1 is 1.16 bits per heavy atom. The third-order valence-corrected chi connectivity index (χ3v) is 3.30. The van der Waals surface area contributed by atoms with Crippen molar-refractivity contribution in [2.24, 2.45) is 5.92 Å². The maximum atomic E-state index is 9.26. The first-order chi connectivity index (χ1) is 9.04. The SMILES string of the molecule is COc1ccc([C@@H](NCCC[C@H](C)O)C(C)C)cc1. The molecule has 0 fully saturated rings. The van der Waals surface area contributed by atoms with Gasteiger partial charge < -0.3 is 15.2 Å². The lowest BCUT2D eigenvalue weighted by atomic mass is 9.96. The summed E-state index contributed by atoms with van der Waals surface area (Å²) in [6.45, 7) is 7.20. The van der Waals surface area contributed by atoms with Crippen molar-refractivity contribution in [3.8, 4) is 5.75 Å². The fraction of sp³-hybridized carbons (Fsp3) is 0.625. The van der Waals surface area contributed by atoms with Gasteiger partial charge in [0.15, 0.2) is 0 Å². The highest BCUT2D eigenvalue weighted by Gasteiger charge is 2.14. The Kier molecular flexibility index (Phi) is 6.89. The summed E-state index contributed by atoms with van der Waals surface area (Å²) in [5, 5.41) is 12.8. The number of methoxy groups -OCH3 is 1. The fourth-order valence-corrected chi connectivity index (χ4v) is 2.20. The molecule has 0 amide bonds. The van der Waals surface area contributed by atoms with Crippen molar-refractivity contribution in [2.45, 2.75) is 45.8 Å². The molecule has 1 rings (SSSR count). The summed E-state index contributed by atoms with van der Waals surface area (Å²) in [7, 11) is 1.68. The fourth-order valence-electron chi connectivity index (χ4n) is 2.20. The van der Waals surface area contributed by atoms with Crippen LogP contribution in [-0.4, -0.2) is 24.9 Å². The average Bonchev–Trinajstić information content (AvgIpc) is 2.38. The summed E-state index contributed by atoms with van der Waals surface area (Å²) in [5.74, 6) is 1.42. The molecule has 0 aliphatic rings. The Hall–Kier alpha value is -1.06. The zero-order valence-corrected chi connectivity index (χ0v) is 12.5. The summed E-state index contributed by atoms with van der Waals surface area (Å²) in [4.78, 5) is 0. The number of benzene rings is 1. The lowest BCUT2D eigenvalue weighted by Gasteiger charge is -2.23. The van der Waals surface area contributed by atoms with Crippen LogP contribution in [0.25, 0.3) is 0 Å². The van der Waals surface area contributed by atoms with Crippen LogP contribution in [0.15, 0.2) is 24.3 Å². The number of rotatable bonds is 8. The number of aliphatic hydroxyl groups excluding tert-OH is 1. The van der Waals surface area contributed by atoms with Crippen LogP contribution in [0.1, 0.15) is 45.2 Å². The minimum Gasteiger partial charge on any atom is -0.497 e. The van der Waals surface area contributed by atoms with E-state index in [1.54, 1.807) is 7.11 Å². The van der Waals surface area contributed by atoms with Crippen molar-refractivity contribution >= 4 is 0 Å². The Labute approximate surface area is 117 Å². The first-order valence-corrected chi connectivity index (χ1v) is 7.10. The molecular formula is C16H27NO2. The van der Waals surface area contributed by atoms with Gasteiger partial charge in [-0.3, -0.25) is 0 Å². The number of nitrogens with one attached hydrogen (secondary N) is 1. The van der Waals surface area contributed by atoms with E-state index in [1.165, 1.54) is 5.56 Å². The van der Waals surface area contributed by atoms with Crippen LogP contribution in [0.3, 0.4) is 0 Å². The number of hydrogen-bond acceptors (Lipinski definition) is 3. The van der Waals surface area contributed by atoms with Crippen LogP contribution in [0, 0.1) is 5.92 Å². The summed E-state index contributed by atoms with van der Waals surface area (Å²) >= 11 is 0. The summed E-state index contributed by atoms with van der Waals surface area (Å²) in [5.41, 5.74) is 1.29. The highest BCUT2D eigenvalue weighted by Crippen LogP contribution is 2.23. The quantitative estimate of drug-likeness (QED) is 0.710. The van der Waals surface area contributed by atoms with Crippen LogP contribution in [-0.2, 0) is 0 Å². The van der Waals surface area contributed by atoms with E-state index >= 15 is 0 Å². The first-order valence-electron chi connectivity index (χ1n) is 7.10. The maximum absolute atomic E-state index is 9.26. The second-order valence-corrected chi connectivity index (χ2v) is 5.44. The standard InChI is InChI=1S/C16H27NO2/c1-12(2)16(17-11-5-6-13(3)18)14-7-9-15(19-4)10-8-14/h7-10,12-13,16-18H,5-6,11H2,1-4H3/t13-,16-/m0/s1. The molecule has 0 heterocycles. The van der Waals surface area contributed by atoms with E-state index < -0.39 is 0 Å². The Bertz CT molecular complexity index is 346. The molecule has 0 bridgehead atoms. The monoisotopic (exact) mass is 265 g/mol. The van der Waals surface area contributed by atoms with Crippen molar-refractivity contribution in [3.05, 3.63) is 29.8 Å². The molecule has 0 aliphatic heterocycles. The topological polar surface area (TPSA) is 41.5 Å². The van der Waals surface area contributed by atoms with Gasteiger partial charge >= 0.3 is 0 Å². The molecule has 0 unspecified atom stereocenters. The van der Waals surface area contributed by atoms with Gasteiger partial charge in [0.2, 0.25) is 0 Å². The van der Waals surface area contributed by atoms with E-state index in [0.717, 1.165) is 25.1 Å². The van der Waals surface area contributed by atoms with Crippen molar-refractivity contribution in [2.75, 3.05) is 13.7 Å². The van der Waals surface area contributed by atoms with E-state index in [-0.39, 0.29) is 6.10 Å². The molecule has 0 spiro atoms. The van der Waals surface area contributed by atoms with E-state index in [9.17, 15) is 5.11 Å². The predicted octanol–water partition coefficient (Wildman–Crippen LogP) is 3.14. The zero-order chi connectivity index (χ0) is 14.3. The molecule has 2 N–H and O–H groups in total. The van der Waals surface area contributed by atoms with Crippen LogP contribution >= 0.6 is 0 Å². The van der Waals surface area contributed by atoms with Crippen molar-refractivity contribution < 1.29 is 9.84 Å². The molecule has 0 aliphatic carbocycles. The number of aliphatic hydroxyl groups is 1. The second-order valence-electron chi connectivity index (χ2n) is 5.44. The molecular weight excluding hydrogens is 238 g/mol. The number of ether oxygens (including phenoxy) is 1. The number of hydrogen-bond donors (Lipinski definition) is 2. The minimum atomic E-state index is -0.208. The molecule has 0 radical (unpaired) electrons. The van der Waals surface area contributed by atoms with E-state index in [4.69, 9.17) is 4.74 Å². The van der Waals surface area contributed by atoms with Gasteiger partial charge in [-0.2, -0.15) is 0 Å². The van der Waals surface area contributed by atoms with Gasteiger partial charge in [-0.25, -0.2) is 0 Å². The molecule has 19 heavy (non-hydrogen) atoms. The normalized spacial score (nSPS) is 14.4. The molecule has 3 heteroatoms. The van der Waals surface area contributed by atoms with Gasteiger partial charge in [-0.15, -0.1) is 0 Å². The third-order valence-electron chi connectivity index (χ3n) is 3.30. The van der Waals surface area contributed by atoms with E-state index in [0.29, 0.717) is 12.0 Å². The zero-order valence-electron chi connectivity index (χ0n) is 12.5. The van der Waals surface area contributed by atoms with Gasteiger partial charge in [-0.05, 0) is 49.9 Å². The molecule has 2 atom stereocenters. The Morgan fingerprint density at radius 3 is 2.26 bits per heavy atom. The predicted molar refractivity (Wildman–Crippen MR) is 79.5 cm³/mol. The average molecular weight is 265 g/mol. The molecule has 3 nitrogen and oxygen atoms in total. The Morgan fingerprint density at radius 2 is 1.79 bits per heavy atom. The first kappa shape index (κ1) is 16.0. The molecule has 1 aromatic rings. The van der Waals surface area contributed by atoms with E-state index in [2.05, 4.69) is 31.3 Å². The Balaban J connectivity index is 2.56. The maximum Gasteiger partial charge on any atom is 0.118 e. The molecule has 0 aromatic heterocycles. The van der Waals surface area contributed by atoms with Crippen LogP contribution in [0.2, 0.25) is 0 Å². The van der Waals surface area contributed by atoms with Gasteiger partial charge in [0.05, 0.1) is 13.2 Å². The van der Waals surface area contributed by atoms with Crippen LogP contribution in [0.5, 0.6) is 5.75 Å². The highest BCUT2D eigenvalue weighted by atomic mass is 16.5. The lowest BCUT2D eigenvalue weighted by Crippen LogP contribution is -2.27. The summed E-state index contributed by atoms with van der Waals surface area (Å²) < 4.78 is 5.19. The highest BCUT2D eigenvalue weighted by molar-refractivity contribution is 5.29. The minimum absolute atomic E-state index is 0.208. The summed E-state index contributed by atoms with van der Waals surface area (Å²) in [6, 6.07) is 8.58. The van der Waals surface area contributed by atoms with Crippen molar-refractivity contribution in [1.82, 2.24) is 5.32 Å².